The van der Waals surface area contributed by atoms with E-state index in [2.05, 4.69) is 15.1 Å². The second-order valence-electron chi connectivity index (χ2n) is 8.89. The lowest BCUT2D eigenvalue weighted by Gasteiger charge is -2.32. The van der Waals surface area contributed by atoms with Crippen LogP contribution in [0.3, 0.4) is 0 Å². The Labute approximate surface area is 189 Å². The van der Waals surface area contributed by atoms with Gasteiger partial charge in [0.25, 0.3) is 0 Å². The van der Waals surface area contributed by atoms with Crippen LogP contribution in [0.5, 0.6) is 5.75 Å². The molecule has 1 aliphatic carbocycles. The molecule has 1 saturated carbocycles. The molecule has 0 radical (unpaired) electrons. The summed E-state index contributed by atoms with van der Waals surface area (Å²) >= 11 is 0. The van der Waals surface area contributed by atoms with Crippen LogP contribution < -0.4 is 10.1 Å². The van der Waals surface area contributed by atoms with Gasteiger partial charge in [-0.25, -0.2) is 4.39 Å². The van der Waals surface area contributed by atoms with Gasteiger partial charge in [0, 0.05) is 19.0 Å². The van der Waals surface area contributed by atoms with Gasteiger partial charge in [-0.05, 0) is 50.7 Å². The van der Waals surface area contributed by atoms with E-state index >= 15 is 0 Å². The van der Waals surface area contributed by atoms with Gasteiger partial charge in [0.15, 0.2) is 0 Å². The van der Waals surface area contributed by atoms with Gasteiger partial charge in [0.05, 0.1) is 18.6 Å². The van der Waals surface area contributed by atoms with Crippen molar-refractivity contribution in [3.8, 4) is 5.75 Å². The molecule has 2 N–H and O–H groups in total. The first-order valence-electron chi connectivity index (χ1n) is 11.4. The van der Waals surface area contributed by atoms with Crippen molar-refractivity contribution >= 4 is 5.91 Å². The van der Waals surface area contributed by atoms with Crippen molar-refractivity contribution in [1.82, 2.24) is 15.1 Å². The molecule has 0 unspecified atom stereocenters. The minimum absolute atomic E-state index is 0.0337. The number of hydrogen-bond acceptors (Lipinski definition) is 5. The van der Waals surface area contributed by atoms with Gasteiger partial charge < -0.3 is 15.2 Å². The monoisotopic (exact) mass is 441 g/mol. The number of benzene rings is 2. The average molecular weight is 442 g/mol. The quantitative estimate of drug-likeness (QED) is 0.659. The third-order valence-electron chi connectivity index (χ3n) is 6.41. The lowest BCUT2D eigenvalue weighted by atomic mass is 10.1. The molecule has 0 spiro atoms. The van der Waals surface area contributed by atoms with Crippen molar-refractivity contribution in [3.05, 3.63) is 66.0 Å². The highest BCUT2D eigenvalue weighted by molar-refractivity contribution is 5.78. The van der Waals surface area contributed by atoms with Crippen molar-refractivity contribution < 1.29 is 19.0 Å². The van der Waals surface area contributed by atoms with E-state index in [0.717, 1.165) is 31.5 Å². The van der Waals surface area contributed by atoms with Crippen LogP contribution in [0.2, 0.25) is 0 Å². The lowest BCUT2D eigenvalue weighted by molar-refractivity contribution is -0.123. The van der Waals surface area contributed by atoms with Crippen LogP contribution in [-0.2, 0) is 11.3 Å². The van der Waals surface area contributed by atoms with E-state index in [9.17, 15) is 14.3 Å². The zero-order chi connectivity index (χ0) is 22.5. The number of halogens is 1. The highest BCUT2D eigenvalue weighted by Gasteiger charge is 2.46. The van der Waals surface area contributed by atoms with Crippen LogP contribution in [0.4, 0.5) is 4.39 Å². The third-order valence-corrected chi connectivity index (χ3v) is 6.41. The van der Waals surface area contributed by atoms with Crippen molar-refractivity contribution in [2.45, 2.75) is 50.1 Å². The van der Waals surface area contributed by atoms with E-state index in [1.165, 1.54) is 12.1 Å². The summed E-state index contributed by atoms with van der Waals surface area (Å²) in [6.45, 7) is 2.90. The Morgan fingerprint density at radius 3 is 2.66 bits per heavy atom. The second-order valence-corrected chi connectivity index (χ2v) is 8.89. The summed E-state index contributed by atoms with van der Waals surface area (Å²) in [4.78, 5) is 17.0. The molecule has 0 aromatic heterocycles. The SMILES string of the molecule is CN(Cc1ccccc1)[C@@H]1[C@@H](O)[C@H](Oc2cccc(F)c2)C[C@H]1NC(=O)CN1CCCC1. The van der Waals surface area contributed by atoms with Gasteiger partial charge in [-0.2, -0.15) is 0 Å². The molecule has 2 aromatic rings. The number of likely N-dealkylation sites (tertiary alicyclic amines) is 1. The van der Waals surface area contributed by atoms with E-state index in [-0.39, 0.29) is 23.8 Å². The highest BCUT2D eigenvalue weighted by atomic mass is 19.1. The molecule has 2 fully saturated rings. The maximum absolute atomic E-state index is 13.6. The Hall–Kier alpha value is -2.48. The number of nitrogens with one attached hydrogen (secondary N) is 1. The molecule has 1 aliphatic heterocycles. The van der Waals surface area contributed by atoms with E-state index in [0.29, 0.717) is 25.3 Å². The maximum atomic E-state index is 13.6. The predicted molar refractivity (Wildman–Crippen MR) is 121 cm³/mol. The summed E-state index contributed by atoms with van der Waals surface area (Å²) in [5.41, 5.74) is 1.12. The summed E-state index contributed by atoms with van der Waals surface area (Å²) < 4.78 is 19.6. The molecule has 172 valence electrons. The summed E-state index contributed by atoms with van der Waals surface area (Å²) in [6, 6.07) is 15.4. The number of rotatable bonds is 8. The lowest BCUT2D eigenvalue weighted by Crippen LogP contribution is -2.53. The fraction of sp³-hybridized carbons (Fsp3) is 0.480. The smallest absolute Gasteiger partial charge is 0.234 e. The van der Waals surface area contributed by atoms with Gasteiger partial charge >= 0.3 is 0 Å². The molecule has 6 nitrogen and oxygen atoms in total. The molecule has 1 amide bonds. The molecular weight excluding hydrogens is 409 g/mol. The Morgan fingerprint density at radius 2 is 1.94 bits per heavy atom. The molecule has 1 heterocycles. The molecular formula is C25H32FN3O3. The normalized spacial score (nSPS) is 25.9. The van der Waals surface area contributed by atoms with Crippen LogP contribution in [-0.4, -0.2) is 71.8 Å². The minimum Gasteiger partial charge on any atom is -0.487 e. The van der Waals surface area contributed by atoms with Crippen LogP contribution in [0, 0.1) is 5.82 Å². The van der Waals surface area contributed by atoms with E-state index in [4.69, 9.17) is 4.74 Å². The minimum atomic E-state index is -0.830. The highest BCUT2D eigenvalue weighted by Crippen LogP contribution is 2.30. The number of ether oxygens (including phenoxy) is 1. The summed E-state index contributed by atoms with van der Waals surface area (Å²) in [6.07, 6.45) is 1.33. The van der Waals surface area contributed by atoms with Crippen LogP contribution in [0.25, 0.3) is 0 Å². The number of amides is 1. The first kappa shape index (κ1) is 22.7. The van der Waals surface area contributed by atoms with Gasteiger partial charge in [-0.15, -0.1) is 0 Å². The Balaban J connectivity index is 1.47. The molecule has 2 aliphatic rings. The first-order valence-corrected chi connectivity index (χ1v) is 11.4. The topological polar surface area (TPSA) is 65.0 Å². The van der Waals surface area contributed by atoms with E-state index in [1.807, 2.05) is 37.4 Å². The predicted octanol–water partition coefficient (Wildman–Crippen LogP) is 2.42. The van der Waals surface area contributed by atoms with Gasteiger partial charge in [0.2, 0.25) is 5.91 Å². The fourth-order valence-corrected chi connectivity index (χ4v) is 4.91. The number of carbonyl (C=O) groups excluding carboxylic acids is 1. The number of hydrogen-bond donors (Lipinski definition) is 2. The number of nitrogens with zero attached hydrogens (tertiary/aromatic N) is 2. The van der Waals surface area contributed by atoms with Crippen molar-refractivity contribution in [1.29, 1.82) is 0 Å². The largest absolute Gasteiger partial charge is 0.487 e. The molecule has 4 atom stereocenters. The zero-order valence-corrected chi connectivity index (χ0v) is 18.5. The average Bonchev–Trinajstić information content (AvgIpc) is 3.37. The number of carbonyl (C=O) groups is 1. The number of aliphatic hydroxyl groups is 1. The number of aliphatic hydroxyl groups excluding tert-OH is 1. The van der Waals surface area contributed by atoms with Crippen LogP contribution in [0.1, 0.15) is 24.8 Å². The van der Waals surface area contributed by atoms with Gasteiger partial charge in [0.1, 0.15) is 23.8 Å². The third kappa shape index (κ3) is 5.65. The van der Waals surface area contributed by atoms with Gasteiger partial charge in [-0.1, -0.05) is 36.4 Å². The Bertz CT molecular complexity index is 891. The van der Waals surface area contributed by atoms with Crippen molar-refractivity contribution in [2.24, 2.45) is 0 Å². The van der Waals surface area contributed by atoms with Crippen molar-refractivity contribution in [3.63, 3.8) is 0 Å². The molecule has 32 heavy (non-hydrogen) atoms. The summed E-state index contributed by atoms with van der Waals surface area (Å²) in [5, 5.41) is 14.3. The first-order chi connectivity index (χ1) is 15.5. The second kappa shape index (κ2) is 10.4. The van der Waals surface area contributed by atoms with Gasteiger partial charge in [-0.3, -0.25) is 14.6 Å². The summed E-state index contributed by atoms with van der Waals surface area (Å²) in [7, 11) is 1.95. The molecule has 1 saturated heterocycles. The van der Waals surface area contributed by atoms with E-state index < -0.39 is 12.2 Å². The standard InChI is InChI=1S/C25H32FN3O3/c1-28(16-18-8-3-2-4-9-18)24-21(27-23(30)17-29-12-5-6-13-29)15-22(25(24)31)32-20-11-7-10-19(26)14-20/h2-4,7-11,14,21-22,24-25,31H,5-6,12-13,15-17H2,1H3,(H,27,30)/t21-,22-,24+,25+/m1/s1. The van der Waals surface area contributed by atoms with Crippen LogP contribution in [0.15, 0.2) is 54.6 Å². The fourth-order valence-electron chi connectivity index (χ4n) is 4.91. The van der Waals surface area contributed by atoms with Crippen LogP contribution >= 0.6 is 0 Å². The molecule has 4 rings (SSSR count). The Morgan fingerprint density at radius 1 is 1.19 bits per heavy atom. The Kier molecular flexibility index (Phi) is 7.40. The molecule has 7 heteroatoms. The summed E-state index contributed by atoms with van der Waals surface area (Å²) in [5.74, 6) is -0.0422. The van der Waals surface area contributed by atoms with Crippen molar-refractivity contribution in [2.75, 3.05) is 26.7 Å². The van der Waals surface area contributed by atoms with E-state index in [1.54, 1.807) is 12.1 Å². The maximum Gasteiger partial charge on any atom is 0.234 e. The molecule has 0 bridgehead atoms. The number of likely N-dealkylation sites (N-methyl/N-ethyl adjacent to an activating group) is 1. The molecule has 2 aromatic carbocycles. The zero-order valence-electron chi connectivity index (χ0n) is 18.5.